The highest BCUT2D eigenvalue weighted by Gasteiger charge is 2.21. The molecule has 0 aliphatic carbocycles. The summed E-state index contributed by atoms with van der Waals surface area (Å²) < 4.78 is 28.5. The molecule has 4 N–H and O–H groups in total. The molecule has 0 saturated heterocycles. The van der Waals surface area contributed by atoms with Gasteiger partial charge in [0.15, 0.2) is 0 Å². The Morgan fingerprint density at radius 1 is 0.848 bits per heavy atom. The predicted molar refractivity (Wildman–Crippen MR) is 130 cm³/mol. The molecule has 1 aliphatic rings. The molecule has 0 fully saturated rings. The van der Waals surface area contributed by atoms with E-state index in [-0.39, 0.29) is 26.6 Å². The Balaban J connectivity index is 1.48. The van der Waals surface area contributed by atoms with Crippen LogP contribution >= 0.6 is 23.2 Å². The molecule has 4 aromatic rings. The van der Waals surface area contributed by atoms with Crippen LogP contribution in [-0.2, 0) is 16.4 Å². The van der Waals surface area contributed by atoms with Crippen LogP contribution in [0.15, 0.2) is 63.0 Å². The molecule has 0 radical (unpaired) electrons. The van der Waals surface area contributed by atoms with Gasteiger partial charge >= 0.3 is 11.1 Å². The van der Waals surface area contributed by atoms with Crippen molar-refractivity contribution in [2.45, 2.75) is 11.3 Å². The number of benzene rings is 3. The Morgan fingerprint density at radius 2 is 1.58 bits per heavy atom. The predicted octanol–water partition coefficient (Wildman–Crippen LogP) is 3.96. The van der Waals surface area contributed by atoms with Gasteiger partial charge in [0.1, 0.15) is 4.90 Å². The second-order valence-electron chi connectivity index (χ2n) is 7.59. The van der Waals surface area contributed by atoms with Gasteiger partial charge in [0.25, 0.3) is 10.0 Å². The number of nitrogens with one attached hydrogen (secondary N) is 4. The van der Waals surface area contributed by atoms with Crippen LogP contribution in [0.25, 0.3) is 22.2 Å². The standard InChI is InChI=1S/C22H16Cl2N4O4S/c23-15-8-13(3-4-14(15)12-2-1-11-5-6-25-17(11)7-12)28-33(31,32)20-10-19-18(9-16(20)24)26-21(29)22(30)27-19/h1-4,7-10,25,28H,5-6H2,(H,26,29)(H,27,30). The summed E-state index contributed by atoms with van der Waals surface area (Å²) in [4.78, 5) is 27.5. The minimum absolute atomic E-state index is 0.119. The molecule has 1 aromatic heterocycles. The molecule has 0 atom stereocenters. The second kappa shape index (κ2) is 7.95. The molecule has 3 aromatic carbocycles. The number of hydrogen-bond acceptors (Lipinski definition) is 5. The number of fused-ring (bicyclic) bond motifs is 2. The van der Waals surface area contributed by atoms with Crippen LogP contribution < -0.4 is 21.2 Å². The van der Waals surface area contributed by atoms with Gasteiger partial charge in [-0.2, -0.15) is 0 Å². The van der Waals surface area contributed by atoms with Gasteiger partial charge < -0.3 is 15.3 Å². The van der Waals surface area contributed by atoms with Crippen LogP contribution in [0.3, 0.4) is 0 Å². The van der Waals surface area contributed by atoms with Gasteiger partial charge in [0, 0.05) is 17.8 Å². The Morgan fingerprint density at radius 3 is 2.30 bits per heavy atom. The quantitative estimate of drug-likeness (QED) is 0.314. The number of H-pyrrole nitrogens is 2. The summed E-state index contributed by atoms with van der Waals surface area (Å²) in [6.07, 6.45) is 0.978. The maximum Gasteiger partial charge on any atom is 0.314 e. The smallest absolute Gasteiger partial charge is 0.314 e. The molecule has 5 rings (SSSR count). The van der Waals surface area contributed by atoms with Crippen LogP contribution in [0.1, 0.15) is 5.56 Å². The molecule has 0 spiro atoms. The molecule has 2 heterocycles. The average molecular weight is 503 g/mol. The minimum Gasteiger partial charge on any atom is -0.384 e. The first kappa shape index (κ1) is 21.6. The zero-order chi connectivity index (χ0) is 23.3. The van der Waals surface area contributed by atoms with E-state index in [1.54, 1.807) is 12.1 Å². The minimum atomic E-state index is -4.13. The summed E-state index contributed by atoms with van der Waals surface area (Å²) in [5.74, 6) is 0. The van der Waals surface area contributed by atoms with E-state index in [0.717, 1.165) is 29.8 Å². The van der Waals surface area contributed by atoms with Crippen LogP contribution in [0.5, 0.6) is 0 Å². The fraction of sp³-hybridized carbons (Fsp3) is 0.0909. The van der Waals surface area contributed by atoms with Crippen molar-refractivity contribution in [3.63, 3.8) is 0 Å². The Kier molecular flexibility index (Phi) is 5.19. The van der Waals surface area contributed by atoms with E-state index in [9.17, 15) is 18.0 Å². The number of rotatable bonds is 4. The Hall–Kier alpha value is -3.27. The molecular formula is C22H16Cl2N4O4S. The topological polar surface area (TPSA) is 124 Å². The molecule has 1 aliphatic heterocycles. The second-order valence-corrected chi connectivity index (χ2v) is 10.1. The fourth-order valence-electron chi connectivity index (χ4n) is 3.81. The lowest BCUT2D eigenvalue weighted by Gasteiger charge is -2.13. The highest BCUT2D eigenvalue weighted by Crippen LogP contribution is 2.35. The van der Waals surface area contributed by atoms with Crippen molar-refractivity contribution >= 4 is 55.6 Å². The number of sulfonamides is 1. The van der Waals surface area contributed by atoms with Crippen molar-refractivity contribution in [2.75, 3.05) is 16.6 Å². The summed E-state index contributed by atoms with van der Waals surface area (Å²) in [6, 6.07) is 13.4. The van der Waals surface area contributed by atoms with E-state index in [2.05, 4.69) is 26.1 Å². The lowest BCUT2D eigenvalue weighted by molar-refractivity contribution is 0.601. The zero-order valence-corrected chi connectivity index (χ0v) is 19.2. The van der Waals surface area contributed by atoms with E-state index in [1.807, 2.05) is 12.1 Å². The monoisotopic (exact) mass is 502 g/mol. The molecule has 168 valence electrons. The molecular weight excluding hydrogens is 487 g/mol. The zero-order valence-electron chi connectivity index (χ0n) is 16.8. The number of aromatic amines is 2. The Labute approximate surface area is 197 Å². The molecule has 0 unspecified atom stereocenters. The number of aromatic nitrogens is 2. The van der Waals surface area contributed by atoms with Gasteiger partial charge in [-0.05, 0) is 47.9 Å². The van der Waals surface area contributed by atoms with Gasteiger partial charge in [0.05, 0.1) is 26.8 Å². The highest BCUT2D eigenvalue weighted by atomic mass is 35.5. The van der Waals surface area contributed by atoms with Gasteiger partial charge in [-0.25, -0.2) is 8.42 Å². The largest absolute Gasteiger partial charge is 0.384 e. The van der Waals surface area contributed by atoms with Gasteiger partial charge in [0.2, 0.25) is 0 Å². The van der Waals surface area contributed by atoms with Gasteiger partial charge in [-0.15, -0.1) is 0 Å². The molecule has 33 heavy (non-hydrogen) atoms. The summed E-state index contributed by atoms with van der Waals surface area (Å²) in [7, 11) is -4.13. The fourth-order valence-corrected chi connectivity index (χ4v) is 5.70. The maximum atomic E-state index is 13.0. The van der Waals surface area contributed by atoms with Crippen LogP contribution in [-0.4, -0.2) is 24.9 Å². The van der Waals surface area contributed by atoms with E-state index in [1.165, 1.54) is 23.8 Å². The van der Waals surface area contributed by atoms with Gasteiger partial charge in [-0.1, -0.05) is 41.4 Å². The molecule has 0 bridgehead atoms. The average Bonchev–Trinajstić information content (AvgIpc) is 3.22. The van der Waals surface area contributed by atoms with Crippen molar-refractivity contribution in [3.05, 3.63) is 84.8 Å². The maximum absolute atomic E-state index is 13.0. The summed E-state index contributed by atoms with van der Waals surface area (Å²) in [5.41, 5.74) is 2.82. The third-order valence-corrected chi connectivity index (χ3v) is 7.57. The van der Waals surface area contributed by atoms with E-state index in [4.69, 9.17) is 23.2 Å². The van der Waals surface area contributed by atoms with Crippen molar-refractivity contribution < 1.29 is 8.42 Å². The van der Waals surface area contributed by atoms with E-state index < -0.39 is 21.1 Å². The van der Waals surface area contributed by atoms with E-state index >= 15 is 0 Å². The SMILES string of the molecule is O=c1[nH]c2cc(Cl)c(S(=O)(=O)Nc3ccc(-c4ccc5c(c4)NCC5)c(Cl)c3)cc2[nH]c1=O. The molecule has 0 amide bonds. The Bertz CT molecular complexity index is 1660. The van der Waals surface area contributed by atoms with Crippen molar-refractivity contribution in [3.8, 4) is 11.1 Å². The van der Waals surface area contributed by atoms with Crippen molar-refractivity contribution in [2.24, 2.45) is 0 Å². The van der Waals surface area contributed by atoms with Crippen molar-refractivity contribution in [1.29, 1.82) is 0 Å². The first-order valence-corrected chi connectivity index (χ1v) is 12.1. The van der Waals surface area contributed by atoms with Crippen LogP contribution in [0.2, 0.25) is 10.0 Å². The summed E-state index contributed by atoms with van der Waals surface area (Å²) in [6.45, 7) is 0.897. The van der Waals surface area contributed by atoms with Crippen LogP contribution in [0.4, 0.5) is 11.4 Å². The van der Waals surface area contributed by atoms with Crippen LogP contribution in [0, 0.1) is 0 Å². The summed E-state index contributed by atoms with van der Waals surface area (Å²) >= 11 is 12.6. The first-order chi connectivity index (χ1) is 15.7. The number of anilines is 2. The molecule has 8 nitrogen and oxygen atoms in total. The number of halogens is 2. The normalized spacial score (nSPS) is 13.0. The lowest BCUT2D eigenvalue weighted by atomic mass is 10.0. The van der Waals surface area contributed by atoms with E-state index in [0.29, 0.717) is 5.02 Å². The van der Waals surface area contributed by atoms with Gasteiger partial charge in [-0.3, -0.25) is 14.3 Å². The number of hydrogen-bond donors (Lipinski definition) is 4. The highest BCUT2D eigenvalue weighted by molar-refractivity contribution is 7.92. The molecule has 0 saturated carbocycles. The third-order valence-electron chi connectivity index (χ3n) is 5.42. The molecule has 11 heteroatoms. The summed E-state index contributed by atoms with van der Waals surface area (Å²) in [5, 5.41) is 3.58. The first-order valence-electron chi connectivity index (χ1n) is 9.87. The lowest BCUT2D eigenvalue weighted by Crippen LogP contribution is -2.29. The third kappa shape index (κ3) is 3.99. The van der Waals surface area contributed by atoms with Crippen molar-refractivity contribution in [1.82, 2.24) is 9.97 Å².